The van der Waals surface area contributed by atoms with Crippen LogP contribution >= 0.6 is 23.1 Å². The normalized spacial score (nSPS) is 11.5. The number of nitrogens with zero attached hydrogens (tertiary/aromatic N) is 4. The first-order valence-corrected chi connectivity index (χ1v) is 9.92. The molecule has 0 N–H and O–H groups in total. The van der Waals surface area contributed by atoms with Crippen LogP contribution in [0.4, 0.5) is 0 Å². The van der Waals surface area contributed by atoms with E-state index in [1.165, 1.54) is 15.8 Å². The van der Waals surface area contributed by atoms with Gasteiger partial charge in [-0.1, -0.05) is 23.9 Å². The maximum atomic E-state index is 4.80. The summed E-state index contributed by atoms with van der Waals surface area (Å²) in [6, 6.07) is 8.00. The second-order valence-corrected chi connectivity index (χ2v) is 8.24. The van der Waals surface area contributed by atoms with Crippen molar-refractivity contribution in [2.75, 3.05) is 0 Å². The summed E-state index contributed by atoms with van der Waals surface area (Å²) in [5.41, 5.74) is 5.15. The number of fused-ring (bicyclic) bond motifs is 2. The average Bonchev–Trinajstić information content (AvgIpc) is 2.86. The standard InChI is InChI=1S/C19H18N4S2/c1-10-12(3)25-19-17(10)18(21-13(4)22-19)24-9-16-11(2)20-14-7-5-6-8-15(14)23-16/h5-8H,9H2,1-4H3. The Bertz CT molecular complexity index is 1100. The van der Waals surface area contributed by atoms with Gasteiger partial charge in [0.15, 0.2) is 0 Å². The summed E-state index contributed by atoms with van der Waals surface area (Å²) in [4.78, 5) is 21.1. The van der Waals surface area contributed by atoms with Gasteiger partial charge in [-0.05, 0) is 45.4 Å². The topological polar surface area (TPSA) is 51.6 Å². The van der Waals surface area contributed by atoms with Gasteiger partial charge in [-0.25, -0.2) is 19.9 Å². The lowest BCUT2D eigenvalue weighted by molar-refractivity contribution is 1.01. The van der Waals surface area contributed by atoms with Gasteiger partial charge in [0.2, 0.25) is 0 Å². The minimum atomic E-state index is 0.754. The van der Waals surface area contributed by atoms with E-state index in [1.807, 2.05) is 38.1 Å². The van der Waals surface area contributed by atoms with Crippen LogP contribution in [0.3, 0.4) is 0 Å². The van der Waals surface area contributed by atoms with Crippen LogP contribution in [0.2, 0.25) is 0 Å². The number of rotatable bonds is 3. The number of thioether (sulfide) groups is 1. The fourth-order valence-electron chi connectivity index (χ4n) is 2.82. The fourth-order valence-corrected chi connectivity index (χ4v) is 5.09. The van der Waals surface area contributed by atoms with E-state index in [4.69, 9.17) is 9.97 Å². The fraction of sp³-hybridized carbons (Fsp3) is 0.263. The number of hydrogen-bond acceptors (Lipinski definition) is 6. The number of hydrogen-bond donors (Lipinski definition) is 0. The summed E-state index contributed by atoms with van der Waals surface area (Å²) in [5.74, 6) is 1.57. The molecule has 0 aliphatic rings. The number of para-hydroxylation sites is 2. The van der Waals surface area contributed by atoms with Crippen LogP contribution in [0.1, 0.15) is 27.7 Å². The quantitative estimate of drug-likeness (QED) is 0.370. The minimum absolute atomic E-state index is 0.754. The lowest BCUT2D eigenvalue weighted by Gasteiger charge is -2.08. The van der Waals surface area contributed by atoms with Crippen molar-refractivity contribution in [2.24, 2.45) is 0 Å². The van der Waals surface area contributed by atoms with Crippen LogP contribution in [0.15, 0.2) is 29.3 Å². The van der Waals surface area contributed by atoms with Crippen molar-refractivity contribution < 1.29 is 0 Å². The Morgan fingerprint density at radius 3 is 2.40 bits per heavy atom. The molecule has 0 aliphatic carbocycles. The summed E-state index contributed by atoms with van der Waals surface area (Å²) in [7, 11) is 0. The van der Waals surface area contributed by atoms with Gasteiger partial charge in [-0.3, -0.25) is 0 Å². The Kier molecular flexibility index (Phi) is 4.17. The molecule has 3 heterocycles. The molecule has 25 heavy (non-hydrogen) atoms. The Balaban J connectivity index is 1.72. The SMILES string of the molecule is Cc1nc(SCc2nc3ccccc3nc2C)c2c(C)c(C)sc2n1. The van der Waals surface area contributed by atoms with E-state index in [9.17, 15) is 0 Å². The highest BCUT2D eigenvalue weighted by molar-refractivity contribution is 7.98. The first-order valence-electron chi connectivity index (χ1n) is 8.12. The highest BCUT2D eigenvalue weighted by Crippen LogP contribution is 2.36. The van der Waals surface area contributed by atoms with Gasteiger partial charge in [-0.15, -0.1) is 11.3 Å². The van der Waals surface area contributed by atoms with Crippen LogP contribution in [0, 0.1) is 27.7 Å². The van der Waals surface area contributed by atoms with Crippen molar-refractivity contribution in [3.8, 4) is 0 Å². The molecule has 0 amide bonds. The lowest BCUT2D eigenvalue weighted by Crippen LogP contribution is -1.98. The average molecular weight is 367 g/mol. The molecule has 0 atom stereocenters. The summed E-state index contributed by atoms with van der Waals surface area (Å²) >= 11 is 3.46. The van der Waals surface area contributed by atoms with Crippen molar-refractivity contribution >= 4 is 44.3 Å². The molecule has 4 aromatic rings. The molecule has 3 aromatic heterocycles. The molecule has 0 saturated carbocycles. The first-order chi connectivity index (χ1) is 12.0. The van der Waals surface area contributed by atoms with Crippen LogP contribution < -0.4 is 0 Å². The zero-order chi connectivity index (χ0) is 17.6. The minimum Gasteiger partial charge on any atom is -0.250 e. The van der Waals surface area contributed by atoms with E-state index in [-0.39, 0.29) is 0 Å². The number of thiophene rings is 1. The van der Waals surface area contributed by atoms with E-state index >= 15 is 0 Å². The van der Waals surface area contributed by atoms with E-state index in [1.54, 1.807) is 23.1 Å². The molecule has 0 unspecified atom stereocenters. The van der Waals surface area contributed by atoms with E-state index in [0.717, 1.165) is 43.9 Å². The molecule has 4 nitrogen and oxygen atoms in total. The lowest BCUT2D eigenvalue weighted by atomic mass is 10.2. The molecule has 4 rings (SSSR count). The summed E-state index contributed by atoms with van der Waals surface area (Å²) in [5, 5.41) is 2.23. The number of benzene rings is 1. The maximum Gasteiger partial charge on any atom is 0.128 e. The third-order valence-electron chi connectivity index (χ3n) is 4.30. The van der Waals surface area contributed by atoms with Gasteiger partial charge in [-0.2, -0.15) is 0 Å². The van der Waals surface area contributed by atoms with Gasteiger partial charge in [0.05, 0.1) is 22.4 Å². The zero-order valence-corrected chi connectivity index (χ0v) is 16.3. The Morgan fingerprint density at radius 1 is 0.920 bits per heavy atom. The predicted octanol–water partition coefficient (Wildman–Crippen LogP) is 5.16. The van der Waals surface area contributed by atoms with Crippen molar-refractivity contribution in [3.63, 3.8) is 0 Å². The third kappa shape index (κ3) is 3.00. The first kappa shape index (κ1) is 16.4. The van der Waals surface area contributed by atoms with Gasteiger partial charge in [0.1, 0.15) is 15.7 Å². The zero-order valence-electron chi connectivity index (χ0n) is 14.6. The van der Waals surface area contributed by atoms with Crippen molar-refractivity contribution in [1.82, 2.24) is 19.9 Å². The van der Waals surface area contributed by atoms with Gasteiger partial charge in [0, 0.05) is 16.0 Å². The van der Waals surface area contributed by atoms with Crippen molar-refractivity contribution in [1.29, 1.82) is 0 Å². The van der Waals surface area contributed by atoms with Gasteiger partial charge >= 0.3 is 0 Å². The highest BCUT2D eigenvalue weighted by Gasteiger charge is 2.15. The van der Waals surface area contributed by atoms with Crippen LogP contribution in [0.5, 0.6) is 0 Å². The Hall–Kier alpha value is -2.05. The molecular weight excluding hydrogens is 348 g/mol. The van der Waals surface area contributed by atoms with Gasteiger partial charge < -0.3 is 0 Å². The monoisotopic (exact) mass is 366 g/mol. The summed E-state index contributed by atoms with van der Waals surface area (Å²) in [6.45, 7) is 8.27. The van der Waals surface area contributed by atoms with Crippen molar-refractivity contribution in [2.45, 2.75) is 38.5 Å². The molecule has 0 radical (unpaired) electrons. The Morgan fingerprint density at radius 2 is 1.64 bits per heavy atom. The highest BCUT2D eigenvalue weighted by atomic mass is 32.2. The second-order valence-electron chi connectivity index (χ2n) is 6.07. The summed E-state index contributed by atoms with van der Waals surface area (Å²) in [6.07, 6.45) is 0. The van der Waals surface area contributed by atoms with Crippen LogP contribution in [-0.4, -0.2) is 19.9 Å². The molecule has 0 fully saturated rings. The molecule has 0 saturated heterocycles. The second kappa shape index (κ2) is 6.35. The van der Waals surface area contributed by atoms with Crippen LogP contribution in [0.25, 0.3) is 21.3 Å². The summed E-state index contributed by atoms with van der Waals surface area (Å²) < 4.78 is 0. The van der Waals surface area contributed by atoms with Gasteiger partial charge in [0.25, 0.3) is 0 Å². The van der Waals surface area contributed by atoms with E-state index in [0.29, 0.717) is 0 Å². The smallest absolute Gasteiger partial charge is 0.128 e. The van der Waals surface area contributed by atoms with Crippen LogP contribution in [-0.2, 0) is 5.75 Å². The van der Waals surface area contributed by atoms with E-state index < -0.39 is 0 Å². The molecule has 0 spiro atoms. The molecule has 6 heteroatoms. The molecule has 0 bridgehead atoms. The number of aromatic nitrogens is 4. The molecular formula is C19H18N4S2. The predicted molar refractivity (Wildman–Crippen MR) is 105 cm³/mol. The number of aryl methyl sites for hydroxylation is 4. The third-order valence-corrected chi connectivity index (χ3v) is 6.38. The molecule has 0 aliphatic heterocycles. The largest absolute Gasteiger partial charge is 0.250 e. The maximum absolute atomic E-state index is 4.80. The van der Waals surface area contributed by atoms with E-state index in [2.05, 4.69) is 23.8 Å². The molecule has 1 aromatic carbocycles. The molecule has 126 valence electrons. The van der Waals surface area contributed by atoms with Crippen molar-refractivity contribution in [3.05, 3.63) is 51.9 Å². The Labute approximate surface area is 154 Å².